The van der Waals surface area contributed by atoms with Crippen molar-refractivity contribution in [2.75, 3.05) is 18.0 Å². The molecule has 0 bridgehead atoms. The van der Waals surface area contributed by atoms with E-state index in [0.717, 1.165) is 23.9 Å². The molecule has 0 saturated carbocycles. The van der Waals surface area contributed by atoms with E-state index in [2.05, 4.69) is 24.5 Å². The summed E-state index contributed by atoms with van der Waals surface area (Å²) in [4.78, 5) is 48.4. The predicted octanol–water partition coefficient (Wildman–Crippen LogP) is 3.22. The number of amides is 1. The van der Waals surface area contributed by atoms with Crippen LogP contribution >= 0.6 is 7.82 Å². The van der Waals surface area contributed by atoms with Crippen LogP contribution in [0.5, 0.6) is 5.75 Å². The lowest BCUT2D eigenvalue weighted by Gasteiger charge is -2.33. The molecule has 1 aliphatic heterocycles. The number of phosphoric acid groups is 1. The molecule has 3 rings (SSSR count). The highest BCUT2D eigenvalue weighted by molar-refractivity contribution is 7.46. The first kappa shape index (κ1) is 30.4. The Balaban J connectivity index is 1.76. The summed E-state index contributed by atoms with van der Waals surface area (Å²) >= 11 is 0. The fourth-order valence-corrected chi connectivity index (χ4v) is 4.04. The van der Waals surface area contributed by atoms with Crippen LogP contribution in [0.15, 0.2) is 49.0 Å². The van der Waals surface area contributed by atoms with Gasteiger partial charge in [0.15, 0.2) is 12.0 Å². The van der Waals surface area contributed by atoms with Crippen LogP contribution in [0.1, 0.15) is 30.9 Å². The number of nitrogens with zero attached hydrogens (tertiary/aromatic N) is 3. The Labute approximate surface area is 226 Å². The molecule has 1 unspecified atom stereocenters. The van der Waals surface area contributed by atoms with Crippen molar-refractivity contribution >= 4 is 31.1 Å². The molecular weight excluding hydrogens is 560 g/mol. The molecule has 2 heterocycles. The summed E-state index contributed by atoms with van der Waals surface area (Å²) in [6.45, 7) is 2.65. The number of alkyl halides is 3. The van der Waals surface area contributed by atoms with E-state index in [9.17, 15) is 32.6 Å². The number of nitriles is 1. The van der Waals surface area contributed by atoms with E-state index < -0.39 is 37.5 Å². The maximum Gasteiger partial charge on any atom is 0.524 e. The van der Waals surface area contributed by atoms with Crippen LogP contribution in [0.25, 0.3) is 5.76 Å². The Morgan fingerprint density at radius 1 is 1.23 bits per heavy atom. The van der Waals surface area contributed by atoms with E-state index in [1.165, 1.54) is 6.92 Å². The van der Waals surface area contributed by atoms with Crippen molar-refractivity contribution in [2.24, 2.45) is 5.92 Å². The number of carbonyl (C=O) groups excluding carboxylic acids is 2. The molecule has 40 heavy (non-hydrogen) atoms. The summed E-state index contributed by atoms with van der Waals surface area (Å²) in [5, 5.41) is 11.9. The summed E-state index contributed by atoms with van der Waals surface area (Å²) in [5.74, 6) is -4.80. The van der Waals surface area contributed by atoms with Gasteiger partial charge in [-0.2, -0.15) is 18.4 Å². The highest BCUT2D eigenvalue weighted by atomic mass is 31.2. The van der Waals surface area contributed by atoms with Gasteiger partial charge in [0.2, 0.25) is 5.91 Å². The smallest absolute Gasteiger partial charge is 0.470 e. The first-order chi connectivity index (χ1) is 18.8. The number of halogens is 3. The van der Waals surface area contributed by atoms with Crippen LogP contribution in [-0.4, -0.2) is 52.1 Å². The lowest BCUT2D eigenvalue weighted by atomic mass is 9.95. The molecule has 1 atom stereocenters. The molecule has 1 amide bonds. The van der Waals surface area contributed by atoms with E-state index in [1.54, 1.807) is 18.5 Å². The van der Waals surface area contributed by atoms with Crippen LogP contribution in [0.2, 0.25) is 0 Å². The predicted molar refractivity (Wildman–Crippen MR) is 132 cm³/mol. The third-order valence-electron chi connectivity index (χ3n) is 5.65. The zero-order valence-corrected chi connectivity index (χ0v) is 21.8. The van der Waals surface area contributed by atoms with E-state index >= 15 is 0 Å². The molecule has 3 N–H and O–H groups in total. The molecule has 0 spiro atoms. The zero-order chi connectivity index (χ0) is 29.5. The summed E-state index contributed by atoms with van der Waals surface area (Å²) in [6, 6.07) is 8.77. The second kappa shape index (κ2) is 12.8. The topological polar surface area (TPSA) is 171 Å². The van der Waals surface area contributed by atoms with Gasteiger partial charge in [0, 0.05) is 37.1 Å². The Kier molecular flexibility index (Phi) is 9.75. The first-order valence-electron chi connectivity index (χ1n) is 11.7. The summed E-state index contributed by atoms with van der Waals surface area (Å²) in [6.07, 6.45) is -1.99. The minimum absolute atomic E-state index is 0.0156. The quantitative estimate of drug-likeness (QED) is 0.171. The molecule has 214 valence electrons. The number of aromatic nitrogens is 1. The number of piperidine rings is 1. The number of hydrogen-bond acceptors (Lipinski definition) is 9. The van der Waals surface area contributed by atoms with E-state index in [4.69, 9.17) is 14.5 Å². The fraction of sp³-hybridized carbons (Fsp3) is 0.333. The van der Waals surface area contributed by atoms with Gasteiger partial charge in [0.1, 0.15) is 12.0 Å². The van der Waals surface area contributed by atoms with Gasteiger partial charge in [-0.1, -0.05) is 0 Å². The number of nitrogens with one attached hydrogen (secondary N) is 1. The molecule has 1 aromatic heterocycles. The number of anilines is 1. The van der Waals surface area contributed by atoms with Crippen LogP contribution < -0.4 is 15.0 Å². The van der Waals surface area contributed by atoms with Crippen LogP contribution in [0.3, 0.4) is 0 Å². The van der Waals surface area contributed by atoms with Crippen molar-refractivity contribution in [1.29, 1.82) is 5.26 Å². The molecule has 0 aliphatic carbocycles. The number of rotatable bonds is 9. The first-order valence-corrected chi connectivity index (χ1v) is 13.2. The average Bonchev–Trinajstić information content (AvgIpc) is 2.90. The number of benzene rings is 1. The number of ether oxygens (including phenoxy) is 2. The number of hydrogen-bond donors (Lipinski definition) is 3. The number of phosphoric ester groups is 1. The Morgan fingerprint density at radius 3 is 2.45 bits per heavy atom. The molecule has 2 aromatic rings. The maximum atomic E-state index is 12.9. The second-order valence-corrected chi connectivity index (χ2v) is 9.72. The Morgan fingerprint density at radius 2 is 1.88 bits per heavy atom. The molecule has 16 heteroatoms. The van der Waals surface area contributed by atoms with Crippen molar-refractivity contribution in [3.63, 3.8) is 0 Å². The highest BCUT2D eigenvalue weighted by Gasteiger charge is 2.42. The molecule has 1 aromatic carbocycles. The Hall–Kier alpha value is -4.12. The summed E-state index contributed by atoms with van der Waals surface area (Å²) in [7, 11) is -5.25. The highest BCUT2D eigenvalue weighted by Crippen LogP contribution is 2.39. The monoisotopic (exact) mass is 584 g/mol. The van der Waals surface area contributed by atoms with Gasteiger partial charge < -0.3 is 24.2 Å². The molecule has 1 fully saturated rings. The van der Waals surface area contributed by atoms with E-state index in [-0.39, 0.29) is 29.4 Å². The summed E-state index contributed by atoms with van der Waals surface area (Å²) in [5.41, 5.74) is 0.545. The SMILES string of the molecule is CC(NC(=O)C1CCN(c2ccncc2)CC1)Oc1cc(C#N)ccc1C(=COP(=O)(O)O)OC(=O)C(F)(F)F. The van der Waals surface area contributed by atoms with Crippen molar-refractivity contribution in [3.8, 4) is 11.8 Å². The molecule has 1 saturated heterocycles. The normalized spacial score (nSPS) is 15.5. The van der Waals surface area contributed by atoms with Crippen molar-refractivity contribution in [2.45, 2.75) is 32.2 Å². The van der Waals surface area contributed by atoms with Crippen LogP contribution in [0, 0.1) is 17.2 Å². The Bertz CT molecular complexity index is 1340. The third kappa shape index (κ3) is 8.70. The minimum atomic E-state index is -5.46. The molecule has 1 aliphatic rings. The lowest BCUT2D eigenvalue weighted by molar-refractivity contribution is -0.192. The second-order valence-electron chi connectivity index (χ2n) is 8.52. The fourth-order valence-electron chi connectivity index (χ4n) is 3.80. The van der Waals surface area contributed by atoms with Gasteiger partial charge in [-0.15, -0.1) is 0 Å². The number of pyridine rings is 1. The van der Waals surface area contributed by atoms with E-state index in [0.29, 0.717) is 25.9 Å². The summed E-state index contributed by atoms with van der Waals surface area (Å²) < 4.78 is 63.7. The van der Waals surface area contributed by atoms with Gasteiger partial charge in [0.25, 0.3) is 0 Å². The maximum absolute atomic E-state index is 12.9. The van der Waals surface area contributed by atoms with Crippen molar-refractivity contribution < 1.29 is 51.1 Å². The van der Waals surface area contributed by atoms with Gasteiger partial charge in [-0.05, 0) is 50.1 Å². The van der Waals surface area contributed by atoms with Crippen LogP contribution in [-0.2, 0) is 23.4 Å². The standard InChI is InChI=1S/C24H24F3N4O8P/c1-15(30-22(32)17-6-10-31(11-7-17)18-4-8-29-9-5-18)38-20-12-16(13-28)2-3-19(20)21(14-37-40(34,35)36)39-23(33)24(25,26)27/h2-5,8-9,12,14-15,17H,6-7,10-11H2,1H3,(H,30,32)(H2,34,35,36). The van der Waals surface area contributed by atoms with Crippen LogP contribution in [0.4, 0.5) is 18.9 Å². The van der Waals surface area contributed by atoms with Gasteiger partial charge >= 0.3 is 20.0 Å². The van der Waals surface area contributed by atoms with Gasteiger partial charge in [-0.25, -0.2) is 9.36 Å². The molecular formula is C24H24F3N4O8P. The van der Waals surface area contributed by atoms with Crippen molar-refractivity contribution in [1.82, 2.24) is 10.3 Å². The number of carbonyl (C=O) groups is 2. The van der Waals surface area contributed by atoms with Gasteiger partial charge in [0.05, 0.1) is 17.2 Å². The molecule has 12 nitrogen and oxygen atoms in total. The lowest BCUT2D eigenvalue weighted by Crippen LogP contribution is -2.44. The zero-order valence-electron chi connectivity index (χ0n) is 20.9. The largest absolute Gasteiger partial charge is 0.524 e. The van der Waals surface area contributed by atoms with E-state index in [1.807, 2.05) is 12.1 Å². The third-order valence-corrected chi connectivity index (χ3v) is 6.03. The van der Waals surface area contributed by atoms with Crippen molar-refractivity contribution in [3.05, 3.63) is 60.1 Å². The molecule has 0 radical (unpaired) electrons. The van der Waals surface area contributed by atoms with Gasteiger partial charge in [-0.3, -0.25) is 19.6 Å². The average molecular weight is 584 g/mol. The minimum Gasteiger partial charge on any atom is -0.470 e. The number of esters is 1.